The first-order chi connectivity index (χ1) is 8.27. The van der Waals surface area contributed by atoms with E-state index in [2.05, 4.69) is 0 Å². The molecule has 0 saturated heterocycles. The molecule has 0 spiro atoms. The second-order valence-electron chi connectivity index (χ2n) is 5.32. The predicted molar refractivity (Wildman–Crippen MR) is 70.3 cm³/mol. The molecule has 0 aliphatic heterocycles. The Morgan fingerprint density at radius 3 is 1.28 bits per heavy atom. The molecule has 0 aromatic heterocycles. The summed E-state index contributed by atoms with van der Waals surface area (Å²) in [4.78, 5) is 21.9. The zero-order valence-electron chi connectivity index (χ0n) is 11.6. The van der Waals surface area contributed by atoms with Crippen LogP contribution < -0.4 is 0 Å². The molecule has 104 valence electrons. The van der Waals surface area contributed by atoms with E-state index in [1.54, 1.807) is 12.2 Å². The number of hydrogen-bond donors (Lipinski definition) is 2. The lowest BCUT2D eigenvalue weighted by atomic mass is 9.90. The highest BCUT2D eigenvalue weighted by molar-refractivity contribution is 5.71. The standard InChI is InChI=1S/C14H24O4/c1-9(2)11(13(15)16)7-5-6-8-12(10(3)4)14(17)18/h5-6,9-12H,7-8H2,1-4H3,(H,15,16)(H,17,18)/b6-5-/t11-,12-/m0/s1. The molecular formula is C14H24O4. The number of rotatable bonds is 8. The Bertz CT molecular complexity index is 275. The molecule has 4 heteroatoms. The first-order valence-electron chi connectivity index (χ1n) is 6.38. The van der Waals surface area contributed by atoms with Gasteiger partial charge in [0, 0.05) is 0 Å². The smallest absolute Gasteiger partial charge is 0.307 e. The fraction of sp³-hybridized carbons (Fsp3) is 0.714. The van der Waals surface area contributed by atoms with Crippen molar-refractivity contribution in [2.75, 3.05) is 0 Å². The van der Waals surface area contributed by atoms with Crippen LogP contribution in [0, 0.1) is 23.7 Å². The molecule has 0 saturated carbocycles. The number of hydrogen-bond acceptors (Lipinski definition) is 2. The molecule has 0 heterocycles. The van der Waals surface area contributed by atoms with E-state index in [1.165, 1.54) is 0 Å². The maximum atomic E-state index is 11.0. The number of carboxylic acids is 2. The summed E-state index contributed by atoms with van der Waals surface area (Å²) in [6.45, 7) is 7.50. The average Bonchev–Trinajstić information content (AvgIpc) is 2.20. The van der Waals surface area contributed by atoms with Crippen LogP contribution in [-0.2, 0) is 9.59 Å². The Kier molecular flexibility index (Phi) is 7.32. The van der Waals surface area contributed by atoms with E-state index in [4.69, 9.17) is 10.2 Å². The molecule has 0 bridgehead atoms. The molecule has 0 amide bonds. The molecule has 0 aliphatic carbocycles. The molecule has 0 rings (SSSR count). The Morgan fingerprint density at radius 2 is 1.11 bits per heavy atom. The third-order valence-electron chi connectivity index (χ3n) is 3.19. The number of carboxylic acid groups (broad SMARTS) is 2. The minimum atomic E-state index is -0.798. The van der Waals surface area contributed by atoms with Crippen molar-refractivity contribution >= 4 is 11.9 Å². The molecule has 2 N–H and O–H groups in total. The van der Waals surface area contributed by atoms with Gasteiger partial charge < -0.3 is 10.2 Å². The van der Waals surface area contributed by atoms with E-state index in [-0.39, 0.29) is 11.8 Å². The summed E-state index contributed by atoms with van der Waals surface area (Å²) in [5.41, 5.74) is 0. The van der Waals surface area contributed by atoms with Gasteiger partial charge in [0.2, 0.25) is 0 Å². The fourth-order valence-electron chi connectivity index (χ4n) is 1.80. The van der Waals surface area contributed by atoms with Crippen LogP contribution >= 0.6 is 0 Å². The summed E-state index contributed by atoms with van der Waals surface area (Å²) in [5.74, 6) is -2.24. The minimum Gasteiger partial charge on any atom is -0.481 e. The van der Waals surface area contributed by atoms with Crippen LogP contribution in [0.5, 0.6) is 0 Å². The average molecular weight is 256 g/mol. The highest BCUT2D eigenvalue weighted by atomic mass is 16.4. The molecule has 0 aromatic rings. The van der Waals surface area contributed by atoms with Gasteiger partial charge in [-0.1, -0.05) is 39.8 Å². The zero-order chi connectivity index (χ0) is 14.3. The third-order valence-corrected chi connectivity index (χ3v) is 3.19. The molecule has 0 aromatic carbocycles. The molecular weight excluding hydrogens is 232 g/mol. The van der Waals surface area contributed by atoms with Crippen molar-refractivity contribution in [1.29, 1.82) is 0 Å². The minimum absolute atomic E-state index is 0.0764. The van der Waals surface area contributed by atoms with E-state index in [9.17, 15) is 9.59 Å². The van der Waals surface area contributed by atoms with Crippen molar-refractivity contribution in [3.8, 4) is 0 Å². The lowest BCUT2D eigenvalue weighted by Gasteiger charge is -2.15. The number of aliphatic carboxylic acids is 2. The van der Waals surface area contributed by atoms with Gasteiger partial charge in [-0.3, -0.25) is 9.59 Å². The van der Waals surface area contributed by atoms with Crippen molar-refractivity contribution in [2.24, 2.45) is 23.7 Å². The van der Waals surface area contributed by atoms with Gasteiger partial charge in [-0.05, 0) is 24.7 Å². The van der Waals surface area contributed by atoms with E-state index in [1.807, 2.05) is 27.7 Å². The highest BCUT2D eigenvalue weighted by Gasteiger charge is 2.21. The summed E-state index contributed by atoms with van der Waals surface area (Å²) in [6, 6.07) is 0. The normalized spacial score (nSPS) is 15.2. The van der Waals surface area contributed by atoms with E-state index < -0.39 is 23.8 Å². The Labute approximate surface area is 109 Å². The zero-order valence-corrected chi connectivity index (χ0v) is 11.6. The van der Waals surface area contributed by atoms with Crippen LogP contribution in [-0.4, -0.2) is 22.2 Å². The van der Waals surface area contributed by atoms with Gasteiger partial charge in [-0.2, -0.15) is 0 Å². The molecule has 0 radical (unpaired) electrons. The van der Waals surface area contributed by atoms with E-state index in [0.717, 1.165) is 0 Å². The monoisotopic (exact) mass is 256 g/mol. The van der Waals surface area contributed by atoms with Crippen molar-refractivity contribution in [2.45, 2.75) is 40.5 Å². The molecule has 4 nitrogen and oxygen atoms in total. The number of carbonyl (C=O) groups is 2. The van der Waals surface area contributed by atoms with Crippen LogP contribution in [0.3, 0.4) is 0 Å². The predicted octanol–water partition coefficient (Wildman–Crippen LogP) is 3.04. The summed E-state index contributed by atoms with van der Waals surface area (Å²) < 4.78 is 0. The maximum absolute atomic E-state index is 11.0. The number of allylic oxidation sites excluding steroid dienone is 2. The quantitative estimate of drug-likeness (QED) is 0.654. The molecule has 2 atom stereocenters. The van der Waals surface area contributed by atoms with Gasteiger partial charge in [-0.25, -0.2) is 0 Å². The lowest BCUT2D eigenvalue weighted by molar-refractivity contribution is -0.144. The van der Waals surface area contributed by atoms with Crippen LogP contribution in [0.2, 0.25) is 0 Å². The maximum Gasteiger partial charge on any atom is 0.307 e. The summed E-state index contributed by atoms with van der Waals surface area (Å²) in [5, 5.41) is 18.0. The van der Waals surface area contributed by atoms with Crippen LogP contribution in [0.25, 0.3) is 0 Å². The van der Waals surface area contributed by atoms with Crippen molar-refractivity contribution in [3.05, 3.63) is 12.2 Å². The van der Waals surface area contributed by atoms with Crippen LogP contribution in [0.15, 0.2) is 12.2 Å². The fourth-order valence-corrected chi connectivity index (χ4v) is 1.80. The molecule has 0 unspecified atom stereocenters. The Balaban J connectivity index is 4.32. The summed E-state index contributed by atoms with van der Waals surface area (Å²) >= 11 is 0. The van der Waals surface area contributed by atoms with Crippen molar-refractivity contribution in [3.63, 3.8) is 0 Å². The van der Waals surface area contributed by atoms with Crippen molar-refractivity contribution in [1.82, 2.24) is 0 Å². The van der Waals surface area contributed by atoms with Gasteiger partial charge in [0.1, 0.15) is 0 Å². The van der Waals surface area contributed by atoms with Gasteiger partial charge >= 0.3 is 11.9 Å². The summed E-state index contributed by atoms with van der Waals surface area (Å²) in [6.07, 6.45) is 4.49. The van der Waals surface area contributed by atoms with Gasteiger partial charge in [0.15, 0.2) is 0 Å². The van der Waals surface area contributed by atoms with E-state index in [0.29, 0.717) is 12.8 Å². The Morgan fingerprint density at radius 1 is 0.833 bits per heavy atom. The topological polar surface area (TPSA) is 74.6 Å². The van der Waals surface area contributed by atoms with Crippen LogP contribution in [0.1, 0.15) is 40.5 Å². The summed E-state index contributed by atoms with van der Waals surface area (Å²) in [7, 11) is 0. The highest BCUT2D eigenvalue weighted by Crippen LogP contribution is 2.19. The largest absolute Gasteiger partial charge is 0.481 e. The molecule has 18 heavy (non-hydrogen) atoms. The lowest BCUT2D eigenvalue weighted by Crippen LogP contribution is -2.19. The first-order valence-corrected chi connectivity index (χ1v) is 6.38. The second kappa shape index (κ2) is 7.90. The third kappa shape index (κ3) is 5.84. The van der Waals surface area contributed by atoms with Crippen LogP contribution in [0.4, 0.5) is 0 Å². The van der Waals surface area contributed by atoms with Gasteiger partial charge in [0.25, 0.3) is 0 Å². The van der Waals surface area contributed by atoms with Gasteiger partial charge in [0.05, 0.1) is 11.8 Å². The van der Waals surface area contributed by atoms with E-state index >= 15 is 0 Å². The van der Waals surface area contributed by atoms with Crippen molar-refractivity contribution < 1.29 is 19.8 Å². The molecule has 0 fully saturated rings. The molecule has 0 aliphatic rings. The van der Waals surface area contributed by atoms with Gasteiger partial charge in [-0.15, -0.1) is 0 Å². The first kappa shape index (κ1) is 16.7. The second-order valence-corrected chi connectivity index (χ2v) is 5.32. The Hall–Kier alpha value is -1.32. The SMILES string of the molecule is CC(C)[C@H](C/C=C\C[C@H](C(=O)O)C(C)C)C(=O)O.